The fourth-order valence-electron chi connectivity index (χ4n) is 1.63. The van der Waals surface area contributed by atoms with Gasteiger partial charge in [0.05, 0.1) is 11.9 Å². The van der Waals surface area contributed by atoms with Gasteiger partial charge < -0.3 is 10.0 Å². The van der Waals surface area contributed by atoms with Crippen molar-refractivity contribution in [2.45, 2.75) is 13.0 Å². The van der Waals surface area contributed by atoms with E-state index in [9.17, 15) is 13.5 Å². The predicted octanol–water partition coefficient (Wildman–Crippen LogP) is 1.98. The third-order valence-corrected chi connectivity index (χ3v) is 4.07. The highest BCUT2D eigenvalue weighted by atomic mass is 79.9. The van der Waals surface area contributed by atoms with Crippen molar-refractivity contribution in [1.29, 1.82) is 0 Å². The summed E-state index contributed by atoms with van der Waals surface area (Å²) in [4.78, 5) is 1.84. The van der Waals surface area contributed by atoms with Crippen molar-refractivity contribution in [3.05, 3.63) is 28.2 Å². The van der Waals surface area contributed by atoms with Crippen molar-refractivity contribution in [3.8, 4) is 0 Å². The Kier molecular flexibility index (Phi) is 5.19. The van der Waals surface area contributed by atoms with Gasteiger partial charge in [0.1, 0.15) is 9.84 Å². The summed E-state index contributed by atoms with van der Waals surface area (Å²) in [5.41, 5.74) is 1.62. The molecule has 1 aromatic carbocycles. The summed E-state index contributed by atoms with van der Waals surface area (Å²) in [6, 6.07) is 5.59. The Morgan fingerprint density at radius 2 is 2.06 bits per heavy atom. The molecule has 0 spiro atoms. The van der Waals surface area contributed by atoms with Crippen LogP contribution in [0, 0.1) is 0 Å². The van der Waals surface area contributed by atoms with Crippen molar-refractivity contribution >= 4 is 31.5 Å². The van der Waals surface area contributed by atoms with E-state index in [1.807, 2.05) is 30.1 Å². The molecule has 0 aliphatic carbocycles. The van der Waals surface area contributed by atoms with Gasteiger partial charge in [-0.05, 0) is 25.1 Å². The molecule has 18 heavy (non-hydrogen) atoms. The van der Waals surface area contributed by atoms with Crippen LogP contribution < -0.4 is 4.90 Å². The minimum atomic E-state index is -2.98. The average molecular weight is 336 g/mol. The lowest BCUT2D eigenvalue weighted by atomic mass is 10.1. The Hall–Kier alpha value is -0.590. The third kappa shape index (κ3) is 4.59. The van der Waals surface area contributed by atoms with Crippen molar-refractivity contribution < 1.29 is 13.5 Å². The number of anilines is 1. The lowest BCUT2D eigenvalue weighted by molar-refractivity contribution is 0.199. The summed E-state index contributed by atoms with van der Waals surface area (Å²) in [7, 11) is -1.16. The van der Waals surface area contributed by atoms with E-state index in [2.05, 4.69) is 15.9 Å². The normalized spacial score (nSPS) is 13.4. The van der Waals surface area contributed by atoms with Gasteiger partial charge >= 0.3 is 0 Å². The molecule has 4 nitrogen and oxygen atoms in total. The number of sulfone groups is 1. The van der Waals surface area contributed by atoms with Crippen LogP contribution in [-0.4, -0.2) is 39.1 Å². The molecule has 0 bridgehead atoms. The number of rotatable bonds is 5. The van der Waals surface area contributed by atoms with Crippen LogP contribution in [-0.2, 0) is 9.84 Å². The summed E-state index contributed by atoms with van der Waals surface area (Å²) in [6.07, 6.45) is 0.621. The van der Waals surface area contributed by atoms with Crippen LogP contribution in [0.1, 0.15) is 18.6 Å². The number of benzene rings is 1. The third-order valence-electron chi connectivity index (χ3n) is 2.65. The maximum Gasteiger partial charge on any atom is 0.149 e. The maximum atomic E-state index is 11.2. The van der Waals surface area contributed by atoms with Crippen molar-refractivity contribution in [3.63, 3.8) is 0 Å². The Labute approximate surface area is 117 Å². The first-order chi connectivity index (χ1) is 8.20. The van der Waals surface area contributed by atoms with Crippen LogP contribution in [0.4, 0.5) is 5.69 Å². The summed E-state index contributed by atoms with van der Waals surface area (Å²) < 4.78 is 23.2. The molecule has 0 amide bonds. The topological polar surface area (TPSA) is 57.6 Å². The number of hydrogen-bond acceptors (Lipinski definition) is 4. The Morgan fingerprint density at radius 3 is 2.56 bits per heavy atom. The van der Waals surface area contributed by atoms with Crippen LogP contribution in [0.2, 0.25) is 0 Å². The molecule has 0 radical (unpaired) electrons. The molecule has 0 aliphatic rings. The van der Waals surface area contributed by atoms with Gasteiger partial charge in [0.15, 0.2) is 0 Å². The first-order valence-corrected chi connectivity index (χ1v) is 8.42. The lowest BCUT2D eigenvalue weighted by Crippen LogP contribution is -2.26. The van der Waals surface area contributed by atoms with E-state index in [1.54, 1.807) is 6.92 Å². The van der Waals surface area contributed by atoms with Crippen molar-refractivity contribution in [1.82, 2.24) is 0 Å². The molecule has 1 rings (SSSR count). The van der Waals surface area contributed by atoms with Gasteiger partial charge in [-0.1, -0.05) is 15.9 Å². The van der Waals surface area contributed by atoms with Crippen LogP contribution in [0.5, 0.6) is 0 Å². The first-order valence-electron chi connectivity index (χ1n) is 5.57. The van der Waals surface area contributed by atoms with Gasteiger partial charge in [0.2, 0.25) is 0 Å². The van der Waals surface area contributed by atoms with Gasteiger partial charge in [-0.25, -0.2) is 8.42 Å². The van der Waals surface area contributed by atoms with Crippen molar-refractivity contribution in [2.24, 2.45) is 0 Å². The number of halogens is 1. The molecule has 102 valence electrons. The minimum absolute atomic E-state index is 0.0960. The molecule has 6 heteroatoms. The molecule has 1 N–H and O–H groups in total. The maximum absolute atomic E-state index is 11.2. The number of aliphatic hydroxyl groups is 1. The fourth-order valence-corrected chi connectivity index (χ4v) is 2.62. The molecule has 0 saturated carbocycles. The Morgan fingerprint density at radius 1 is 1.44 bits per heavy atom. The van der Waals surface area contributed by atoms with E-state index in [0.29, 0.717) is 6.54 Å². The Balaban J connectivity index is 2.95. The summed E-state index contributed by atoms with van der Waals surface area (Å²) >= 11 is 3.36. The highest BCUT2D eigenvalue weighted by Crippen LogP contribution is 2.28. The highest BCUT2D eigenvalue weighted by molar-refractivity contribution is 9.10. The lowest BCUT2D eigenvalue weighted by Gasteiger charge is -2.23. The number of nitrogens with zero attached hydrogens (tertiary/aromatic N) is 1. The van der Waals surface area contributed by atoms with Crippen LogP contribution in [0.15, 0.2) is 22.7 Å². The molecule has 0 aromatic heterocycles. The van der Waals surface area contributed by atoms with E-state index in [0.717, 1.165) is 15.7 Å². The summed E-state index contributed by atoms with van der Waals surface area (Å²) in [5.74, 6) is 0.0960. The second-order valence-electron chi connectivity index (χ2n) is 4.43. The number of hydrogen-bond donors (Lipinski definition) is 1. The molecule has 0 aliphatic heterocycles. The molecule has 0 fully saturated rings. The molecule has 1 atom stereocenters. The monoisotopic (exact) mass is 335 g/mol. The fraction of sp³-hybridized carbons (Fsp3) is 0.500. The number of aliphatic hydroxyl groups excluding tert-OH is 1. The Bertz CT molecular complexity index is 514. The van der Waals surface area contributed by atoms with Gasteiger partial charge in [-0.2, -0.15) is 0 Å². The smallest absolute Gasteiger partial charge is 0.149 e. The molecular formula is C12H18BrNO3S. The van der Waals surface area contributed by atoms with E-state index < -0.39 is 15.9 Å². The van der Waals surface area contributed by atoms with Crippen LogP contribution in [0.25, 0.3) is 0 Å². The standard InChI is InChI=1S/C12H18BrNO3S/c1-9(15)11-8-10(13)4-5-12(11)14(2)6-7-18(3,16)17/h4-5,8-9,15H,6-7H2,1-3H3. The zero-order chi connectivity index (χ0) is 13.9. The highest BCUT2D eigenvalue weighted by Gasteiger charge is 2.13. The van der Waals surface area contributed by atoms with E-state index in [4.69, 9.17) is 0 Å². The average Bonchev–Trinajstić information content (AvgIpc) is 2.24. The van der Waals surface area contributed by atoms with Crippen LogP contribution in [0.3, 0.4) is 0 Å². The second-order valence-corrected chi connectivity index (χ2v) is 7.61. The van der Waals surface area contributed by atoms with Gasteiger partial charge in [-0.15, -0.1) is 0 Å². The molecular weight excluding hydrogens is 318 g/mol. The predicted molar refractivity (Wildman–Crippen MR) is 77.8 cm³/mol. The molecule has 1 aromatic rings. The van der Waals surface area contributed by atoms with Gasteiger partial charge in [0.25, 0.3) is 0 Å². The van der Waals surface area contributed by atoms with Gasteiger partial charge in [-0.3, -0.25) is 0 Å². The summed E-state index contributed by atoms with van der Waals surface area (Å²) in [6.45, 7) is 2.09. The molecule has 0 heterocycles. The van der Waals surface area contributed by atoms with Crippen molar-refractivity contribution in [2.75, 3.05) is 30.5 Å². The molecule has 1 unspecified atom stereocenters. The van der Waals surface area contributed by atoms with E-state index in [-0.39, 0.29) is 5.75 Å². The zero-order valence-electron chi connectivity index (χ0n) is 10.7. The quantitative estimate of drug-likeness (QED) is 0.893. The summed E-state index contributed by atoms with van der Waals surface area (Å²) in [5, 5.41) is 9.74. The second kappa shape index (κ2) is 6.04. The van der Waals surface area contributed by atoms with E-state index >= 15 is 0 Å². The van der Waals surface area contributed by atoms with Gasteiger partial charge in [0, 0.05) is 35.6 Å². The van der Waals surface area contributed by atoms with Crippen LogP contribution >= 0.6 is 15.9 Å². The first kappa shape index (κ1) is 15.5. The largest absolute Gasteiger partial charge is 0.389 e. The van der Waals surface area contributed by atoms with E-state index in [1.165, 1.54) is 6.26 Å². The minimum Gasteiger partial charge on any atom is -0.389 e. The SMILES string of the molecule is CC(O)c1cc(Br)ccc1N(C)CCS(C)(=O)=O. The zero-order valence-corrected chi connectivity index (χ0v) is 13.1. The molecule has 0 saturated heterocycles.